The summed E-state index contributed by atoms with van der Waals surface area (Å²) in [6, 6.07) is -0.489. The highest BCUT2D eigenvalue weighted by Crippen LogP contribution is 2.51. The van der Waals surface area contributed by atoms with E-state index in [1.807, 2.05) is 0 Å². The molecule has 0 spiro atoms. The molecular weight excluding hydrogens is 547 g/mol. The van der Waals surface area contributed by atoms with Crippen LogP contribution in [0.15, 0.2) is 23.8 Å². The molecule has 214 valence electrons. The number of phosphoric ester groups is 1. The van der Waals surface area contributed by atoms with Crippen molar-refractivity contribution in [3.05, 3.63) is 29.3 Å². The molecule has 0 aromatic carbocycles. The number of nitrogens with one attached hydrogen (secondary N) is 1. The highest BCUT2D eigenvalue weighted by molar-refractivity contribution is 7.47. The van der Waals surface area contributed by atoms with Crippen molar-refractivity contribution in [1.82, 2.24) is 39.0 Å². The van der Waals surface area contributed by atoms with Crippen LogP contribution >= 0.6 is 7.82 Å². The molecule has 0 radical (unpaired) electrons. The second-order valence-electron chi connectivity index (χ2n) is 10.3. The van der Waals surface area contributed by atoms with Gasteiger partial charge in [0.15, 0.2) is 22.6 Å². The monoisotopic (exact) mass is 576 g/mol. The highest BCUT2D eigenvalue weighted by atomic mass is 31.2. The van der Waals surface area contributed by atoms with E-state index < -0.39 is 37.4 Å². The molecule has 0 aliphatic heterocycles. The fourth-order valence-electron chi connectivity index (χ4n) is 5.83. The molecule has 4 aromatic heterocycles. The number of hydrogen-bond donors (Lipinski definition) is 6. The van der Waals surface area contributed by atoms with Gasteiger partial charge in [0, 0.05) is 30.5 Å². The zero-order chi connectivity index (χ0) is 28.2. The third kappa shape index (κ3) is 4.84. The van der Waals surface area contributed by atoms with Gasteiger partial charge in [-0.25, -0.2) is 24.5 Å². The number of rotatable bonds is 8. The predicted octanol–water partition coefficient (Wildman–Crippen LogP) is -0.119. The summed E-state index contributed by atoms with van der Waals surface area (Å²) in [6.07, 6.45) is 4.21. The number of H-pyrrole nitrogens is 1. The van der Waals surface area contributed by atoms with Crippen LogP contribution in [0.2, 0.25) is 0 Å². The number of anilines is 2. The Morgan fingerprint density at radius 1 is 1.00 bits per heavy atom. The number of imidazole rings is 2. The van der Waals surface area contributed by atoms with Crippen LogP contribution in [0.4, 0.5) is 11.8 Å². The lowest BCUT2D eigenvalue weighted by Crippen LogP contribution is -2.22. The van der Waals surface area contributed by atoms with Gasteiger partial charge in [-0.3, -0.25) is 18.8 Å². The fraction of sp³-hybridized carbons (Fsp3) is 0.545. The molecule has 2 saturated carbocycles. The Hall–Kier alpha value is -3.47. The molecule has 2 fully saturated rings. The van der Waals surface area contributed by atoms with Gasteiger partial charge in [-0.1, -0.05) is 0 Å². The minimum atomic E-state index is -4.55. The lowest BCUT2D eigenvalue weighted by atomic mass is 10.1. The van der Waals surface area contributed by atoms with E-state index in [9.17, 15) is 24.5 Å². The average molecular weight is 577 g/mol. The smallest absolute Gasteiger partial charge is 0.396 e. The second-order valence-corrected chi connectivity index (χ2v) is 11.7. The quantitative estimate of drug-likeness (QED) is 0.150. The van der Waals surface area contributed by atoms with Crippen molar-refractivity contribution >= 4 is 41.9 Å². The molecule has 2 aliphatic rings. The third-order valence-corrected chi connectivity index (χ3v) is 8.83. The first-order valence-corrected chi connectivity index (χ1v) is 14.2. The number of nitrogens with two attached hydrogens (primary N) is 2. The summed E-state index contributed by atoms with van der Waals surface area (Å²) in [5.74, 6) is -0.721. The molecule has 1 unspecified atom stereocenters. The number of nitrogens with zero attached hydrogens (tertiary/aromatic N) is 7. The maximum absolute atomic E-state index is 12.9. The zero-order valence-electron chi connectivity index (χ0n) is 21.1. The number of aromatic nitrogens is 8. The molecule has 18 heteroatoms. The Kier molecular flexibility index (Phi) is 6.80. The number of aliphatic hydroxyl groups excluding tert-OH is 2. The van der Waals surface area contributed by atoms with Crippen LogP contribution in [0.25, 0.3) is 22.3 Å². The first-order valence-electron chi connectivity index (χ1n) is 12.7. The molecule has 0 bridgehead atoms. The zero-order valence-corrected chi connectivity index (χ0v) is 22.0. The minimum absolute atomic E-state index is 0.0509. The third-order valence-electron chi connectivity index (χ3n) is 7.82. The van der Waals surface area contributed by atoms with Crippen LogP contribution in [0, 0.1) is 11.8 Å². The van der Waals surface area contributed by atoms with Crippen molar-refractivity contribution in [3.8, 4) is 0 Å². The van der Waals surface area contributed by atoms with Gasteiger partial charge in [0.25, 0.3) is 5.56 Å². The number of hydrogen-bond acceptors (Lipinski definition) is 13. The van der Waals surface area contributed by atoms with Crippen LogP contribution in [0.1, 0.15) is 37.8 Å². The summed E-state index contributed by atoms with van der Waals surface area (Å²) in [4.78, 5) is 45.7. The van der Waals surface area contributed by atoms with Gasteiger partial charge in [0.05, 0.1) is 31.5 Å². The number of aromatic amines is 1. The van der Waals surface area contributed by atoms with Gasteiger partial charge in [0.1, 0.15) is 11.8 Å². The molecule has 40 heavy (non-hydrogen) atoms. The normalized spacial score (nSPS) is 28.5. The van der Waals surface area contributed by atoms with Crippen LogP contribution in [-0.2, 0) is 13.6 Å². The Morgan fingerprint density at radius 2 is 1.70 bits per heavy atom. The summed E-state index contributed by atoms with van der Waals surface area (Å²) in [6.45, 7) is -0.495. The molecule has 17 nitrogen and oxygen atoms in total. The molecular formula is C22H29N10O7P. The van der Waals surface area contributed by atoms with E-state index in [1.54, 1.807) is 15.5 Å². The van der Waals surface area contributed by atoms with Crippen molar-refractivity contribution in [2.24, 2.45) is 11.8 Å². The summed E-state index contributed by atoms with van der Waals surface area (Å²) in [5.41, 5.74) is 12.5. The molecule has 0 amide bonds. The Labute approximate surface area is 225 Å². The molecule has 8 N–H and O–H groups in total. The number of fused-ring (bicyclic) bond motifs is 2. The van der Waals surface area contributed by atoms with Crippen LogP contribution in [-0.4, -0.2) is 79.6 Å². The van der Waals surface area contributed by atoms with Gasteiger partial charge in [-0.2, -0.15) is 4.98 Å². The summed E-state index contributed by atoms with van der Waals surface area (Å²) < 4.78 is 27.2. The molecule has 7 atom stereocenters. The first-order chi connectivity index (χ1) is 19.1. The van der Waals surface area contributed by atoms with Crippen LogP contribution in [0.5, 0.6) is 0 Å². The van der Waals surface area contributed by atoms with Gasteiger partial charge < -0.3 is 35.7 Å². The average Bonchev–Trinajstić information content (AvgIpc) is 3.67. The number of phosphoric acid groups is 1. The van der Waals surface area contributed by atoms with Gasteiger partial charge in [-0.15, -0.1) is 0 Å². The molecule has 4 heterocycles. The largest absolute Gasteiger partial charge is 0.472 e. The Balaban J connectivity index is 1.10. The second kappa shape index (κ2) is 10.2. The Bertz CT molecular complexity index is 1660. The van der Waals surface area contributed by atoms with Crippen molar-refractivity contribution < 1.29 is 28.7 Å². The van der Waals surface area contributed by atoms with Gasteiger partial charge >= 0.3 is 7.82 Å². The predicted molar refractivity (Wildman–Crippen MR) is 140 cm³/mol. The SMILES string of the molecule is Nc1nc2c(ncn2[C@@H]2C[C@H](COP(=O)(O)O[C@H]3C[C@H](n4cnc5c(N)ncnc54)C[C@@H]3CO)[C@@H](O)C2)c(=O)[nH]1. The van der Waals surface area contributed by atoms with Gasteiger partial charge in [-0.05, 0) is 25.7 Å². The van der Waals surface area contributed by atoms with E-state index in [2.05, 4.69) is 29.9 Å². The lowest BCUT2D eigenvalue weighted by molar-refractivity contribution is 0.0428. The topological polar surface area (TPSA) is 255 Å². The minimum Gasteiger partial charge on any atom is -0.396 e. The number of nitrogen functional groups attached to an aromatic ring is 2. The summed E-state index contributed by atoms with van der Waals surface area (Å²) in [7, 11) is -4.55. The summed E-state index contributed by atoms with van der Waals surface area (Å²) >= 11 is 0. The first kappa shape index (κ1) is 26.7. The van der Waals surface area contributed by atoms with Crippen molar-refractivity contribution in [2.75, 3.05) is 24.7 Å². The van der Waals surface area contributed by atoms with Crippen LogP contribution < -0.4 is 17.0 Å². The van der Waals surface area contributed by atoms with E-state index in [-0.39, 0.29) is 42.6 Å². The molecule has 2 aliphatic carbocycles. The van der Waals surface area contributed by atoms with E-state index in [4.69, 9.17) is 20.5 Å². The summed E-state index contributed by atoms with van der Waals surface area (Å²) in [5, 5.41) is 20.6. The molecule has 6 rings (SSSR count). The lowest BCUT2D eigenvalue weighted by Gasteiger charge is -2.22. The van der Waals surface area contributed by atoms with Crippen molar-refractivity contribution in [1.29, 1.82) is 0 Å². The van der Waals surface area contributed by atoms with E-state index >= 15 is 0 Å². The standard InChI is InChI=1S/C22H29N10O7P/c23-18-16-19(26-7-25-18)31(8-27-16)13-1-10(5-33)15(4-13)39-40(36,37)38-6-11-2-12(3-14(11)34)32-9-28-17-20(32)29-22(24)30-21(17)35/h7-15,33-34H,1-6H2,(H,36,37)(H2,23,25,26)(H3,24,29,30,35)/t10-,11-,12-,13-,14+,15+/m1/s1. The highest BCUT2D eigenvalue weighted by Gasteiger charge is 2.42. The fourth-order valence-corrected chi connectivity index (χ4v) is 6.87. The van der Waals surface area contributed by atoms with Crippen molar-refractivity contribution in [3.63, 3.8) is 0 Å². The van der Waals surface area contributed by atoms with Crippen LogP contribution in [0.3, 0.4) is 0 Å². The maximum atomic E-state index is 12.9. The van der Waals surface area contributed by atoms with E-state index in [0.717, 1.165) is 0 Å². The van der Waals surface area contributed by atoms with Crippen molar-refractivity contribution in [2.45, 2.75) is 50.0 Å². The molecule has 0 saturated heterocycles. The van der Waals surface area contributed by atoms with E-state index in [1.165, 1.54) is 12.7 Å². The van der Waals surface area contributed by atoms with Gasteiger partial charge in [0.2, 0.25) is 5.95 Å². The maximum Gasteiger partial charge on any atom is 0.472 e. The Morgan fingerprint density at radius 3 is 2.48 bits per heavy atom. The van der Waals surface area contributed by atoms with E-state index in [0.29, 0.717) is 42.5 Å². The number of aliphatic hydroxyl groups is 2. The molecule has 4 aromatic rings.